The van der Waals surface area contributed by atoms with E-state index in [-0.39, 0.29) is 22.5 Å². The van der Waals surface area contributed by atoms with E-state index >= 15 is 0 Å². The van der Waals surface area contributed by atoms with Gasteiger partial charge in [-0.1, -0.05) is 41.4 Å². The fourth-order valence-electron chi connectivity index (χ4n) is 2.15. The summed E-state index contributed by atoms with van der Waals surface area (Å²) in [5, 5.41) is 6.12. The largest absolute Gasteiger partial charge is 0.349 e. The number of carbonyl (C=O) groups is 2. The first-order chi connectivity index (χ1) is 11.1. The van der Waals surface area contributed by atoms with E-state index in [9.17, 15) is 9.59 Å². The molecule has 0 spiro atoms. The normalized spacial score (nSPS) is 13.5. The topological polar surface area (TPSA) is 58.2 Å². The predicted octanol–water partition coefficient (Wildman–Crippen LogP) is 4.14. The summed E-state index contributed by atoms with van der Waals surface area (Å²) in [6.07, 6.45) is 2.00. The molecule has 3 rings (SSSR count). The van der Waals surface area contributed by atoms with Gasteiger partial charge in [0.1, 0.15) is 0 Å². The maximum Gasteiger partial charge on any atom is 0.257 e. The standard InChI is InChI=1S/C17H14Cl2N2O2/c18-13-6-3-5-12(15(13)19)17(23)21-14-7-2-1-4-11(14)16(22)20-10-8-9-10/h1-7,10H,8-9H2,(H,20,22)(H,21,23). The SMILES string of the molecule is O=C(NC1CC1)c1ccccc1NC(=O)c1cccc(Cl)c1Cl. The molecule has 2 amide bonds. The highest BCUT2D eigenvalue weighted by Crippen LogP contribution is 2.27. The molecule has 0 heterocycles. The summed E-state index contributed by atoms with van der Waals surface area (Å²) in [5.41, 5.74) is 1.12. The van der Waals surface area contributed by atoms with Crippen LogP contribution in [0, 0.1) is 0 Å². The number of amides is 2. The zero-order valence-electron chi connectivity index (χ0n) is 12.1. The molecule has 1 saturated carbocycles. The number of halogens is 2. The van der Waals surface area contributed by atoms with E-state index < -0.39 is 5.91 Å². The van der Waals surface area contributed by atoms with Crippen molar-refractivity contribution in [3.05, 3.63) is 63.6 Å². The van der Waals surface area contributed by atoms with E-state index in [2.05, 4.69) is 10.6 Å². The van der Waals surface area contributed by atoms with Gasteiger partial charge in [-0.2, -0.15) is 0 Å². The minimum atomic E-state index is -0.413. The second-order valence-electron chi connectivity index (χ2n) is 5.35. The van der Waals surface area contributed by atoms with E-state index in [0.717, 1.165) is 12.8 Å². The van der Waals surface area contributed by atoms with E-state index in [4.69, 9.17) is 23.2 Å². The van der Waals surface area contributed by atoms with Gasteiger partial charge < -0.3 is 10.6 Å². The third-order valence-corrected chi connectivity index (χ3v) is 4.35. The minimum absolute atomic E-state index is 0.187. The van der Waals surface area contributed by atoms with E-state index in [0.29, 0.717) is 16.3 Å². The van der Waals surface area contributed by atoms with Gasteiger partial charge in [0.15, 0.2) is 0 Å². The second kappa shape index (κ2) is 6.60. The number of para-hydroxylation sites is 1. The number of nitrogens with one attached hydrogen (secondary N) is 2. The summed E-state index contributed by atoms with van der Waals surface area (Å²) in [5.74, 6) is -0.607. The van der Waals surface area contributed by atoms with Crippen molar-refractivity contribution >= 4 is 40.7 Å². The zero-order valence-corrected chi connectivity index (χ0v) is 13.6. The van der Waals surface area contributed by atoms with Crippen LogP contribution in [-0.4, -0.2) is 17.9 Å². The van der Waals surface area contributed by atoms with Crippen LogP contribution in [-0.2, 0) is 0 Å². The Bertz CT molecular complexity index is 773. The molecule has 2 aromatic carbocycles. The third-order valence-electron chi connectivity index (χ3n) is 3.53. The Labute approximate surface area is 143 Å². The van der Waals surface area contributed by atoms with Gasteiger partial charge in [-0.15, -0.1) is 0 Å². The number of hydrogen-bond acceptors (Lipinski definition) is 2. The molecular weight excluding hydrogens is 335 g/mol. The molecule has 0 saturated heterocycles. The molecular formula is C17H14Cl2N2O2. The number of benzene rings is 2. The lowest BCUT2D eigenvalue weighted by Gasteiger charge is -2.12. The molecule has 0 radical (unpaired) electrons. The van der Waals surface area contributed by atoms with E-state index in [1.54, 1.807) is 42.5 Å². The summed E-state index contributed by atoms with van der Waals surface area (Å²) >= 11 is 12.0. The number of carbonyl (C=O) groups excluding carboxylic acids is 2. The summed E-state index contributed by atoms with van der Waals surface area (Å²) in [4.78, 5) is 24.7. The minimum Gasteiger partial charge on any atom is -0.349 e. The molecule has 0 atom stereocenters. The van der Waals surface area contributed by atoms with Crippen molar-refractivity contribution in [1.29, 1.82) is 0 Å². The van der Waals surface area contributed by atoms with Gasteiger partial charge in [0.25, 0.3) is 11.8 Å². The maximum atomic E-state index is 12.4. The van der Waals surface area contributed by atoms with Crippen LogP contribution in [0.3, 0.4) is 0 Å². The Balaban J connectivity index is 1.83. The molecule has 0 aliphatic heterocycles. The lowest BCUT2D eigenvalue weighted by Crippen LogP contribution is -2.27. The average Bonchev–Trinajstić information content (AvgIpc) is 3.34. The van der Waals surface area contributed by atoms with Crippen LogP contribution in [0.25, 0.3) is 0 Å². The summed E-state index contributed by atoms with van der Waals surface area (Å²) in [7, 11) is 0. The van der Waals surface area contributed by atoms with Crippen LogP contribution in [0.4, 0.5) is 5.69 Å². The first kappa shape index (κ1) is 15.8. The van der Waals surface area contributed by atoms with E-state index in [1.807, 2.05) is 0 Å². The smallest absolute Gasteiger partial charge is 0.257 e. The van der Waals surface area contributed by atoms with Crippen LogP contribution in [0.5, 0.6) is 0 Å². The first-order valence-corrected chi connectivity index (χ1v) is 7.97. The zero-order chi connectivity index (χ0) is 16.4. The van der Waals surface area contributed by atoms with Gasteiger partial charge in [0, 0.05) is 6.04 Å². The molecule has 6 heteroatoms. The van der Waals surface area contributed by atoms with Crippen molar-refractivity contribution in [2.24, 2.45) is 0 Å². The highest BCUT2D eigenvalue weighted by atomic mass is 35.5. The Morgan fingerprint density at radius 1 is 0.913 bits per heavy atom. The van der Waals surface area contributed by atoms with Gasteiger partial charge in [0.2, 0.25) is 0 Å². The Kier molecular flexibility index (Phi) is 4.55. The molecule has 1 aliphatic carbocycles. The van der Waals surface area contributed by atoms with Gasteiger partial charge in [-0.25, -0.2) is 0 Å². The fraction of sp³-hybridized carbons (Fsp3) is 0.176. The van der Waals surface area contributed by atoms with Crippen molar-refractivity contribution in [3.63, 3.8) is 0 Å². The molecule has 118 valence electrons. The Morgan fingerprint density at radius 2 is 1.61 bits per heavy atom. The van der Waals surface area contributed by atoms with Crippen molar-refractivity contribution in [2.45, 2.75) is 18.9 Å². The molecule has 4 nitrogen and oxygen atoms in total. The Morgan fingerprint density at radius 3 is 2.35 bits per heavy atom. The molecule has 2 N–H and O–H groups in total. The highest BCUT2D eigenvalue weighted by Gasteiger charge is 2.25. The number of anilines is 1. The summed E-state index contributed by atoms with van der Waals surface area (Å²) in [6, 6.07) is 11.9. The van der Waals surface area contributed by atoms with E-state index in [1.165, 1.54) is 0 Å². The lowest BCUT2D eigenvalue weighted by molar-refractivity contribution is 0.0952. The molecule has 1 aliphatic rings. The average molecular weight is 349 g/mol. The van der Waals surface area contributed by atoms with Crippen LogP contribution < -0.4 is 10.6 Å². The van der Waals surface area contributed by atoms with Gasteiger partial charge >= 0.3 is 0 Å². The molecule has 1 fully saturated rings. The van der Waals surface area contributed by atoms with Crippen LogP contribution in [0.2, 0.25) is 10.0 Å². The summed E-state index contributed by atoms with van der Waals surface area (Å²) in [6.45, 7) is 0. The van der Waals surface area contributed by atoms with Crippen molar-refractivity contribution in [2.75, 3.05) is 5.32 Å². The first-order valence-electron chi connectivity index (χ1n) is 7.21. The monoisotopic (exact) mass is 348 g/mol. The molecule has 23 heavy (non-hydrogen) atoms. The van der Waals surface area contributed by atoms with Gasteiger partial charge in [-0.3, -0.25) is 9.59 Å². The maximum absolute atomic E-state index is 12.4. The fourth-order valence-corrected chi connectivity index (χ4v) is 2.54. The predicted molar refractivity (Wildman–Crippen MR) is 91.3 cm³/mol. The number of hydrogen-bond donors (Lipinski definition) is 2. The van der Waals surface area contributed by atoms with Crippen molar-refractivity contribution in [3.8, 4) is 0 Å². The van der Waals surface area contributed by atoms with Gasteiger partial charge in [0.05, 0.1) is 26.9 Å². The van der Waals surface area contributed by atoms with Crippen molar-refractivity contribution in [1.82, 2.24) is 5.32 Å². The number of rotatable bonds is 4. The van der Waals surface area contributed by atoms with Crippen LogP contribution in [0.1, 0.15) is 33.6 Å². The van der Waals surface area contributed by atoms with Gasteiger partial charge in [-0.05, 0) is 37.1 Å². The van der Waals surface area contributed by atoms with Crippen LogP contribution in [0.15, 0.2) is 42.5 Å². The molecule has 2 aromatic rings. The molecule has 0 aromatic heterocycles. The lowest BCUT2D eigenvalue weighted by atomic mass is 10.1. The molecule has 0 bridgehead atoms. The third kappa shape index (κ3) is 3.66. The highest BCUT2D eigenvalue weighted by molar-refractivity contribution is 6.44. The second-order valence-corrected chi connectivity index (χ2v) is 6.13. The Hall–Kier alpha value is -2.04. The van der Waals surface area contributed by atoms with Crippen LogP contribution >= 0.6 is 23.2 Å². The van der Waals surface area contributed by atoms with Crippen molar-refractivity contribution < 1.29 is 9.59 Å². The quantitative estimate of drug-likeness (QED) is 0.872. The summed E-state index contributed by atoms with van der Waals surface area (Å²) < 4.78 is 0. The molecule has 0 unspecified atom stereocenters.